The van der Waals surface area contributed by atoms with Crippen LogP contribution in [0.3, 0.4) is 0 Å². The molecule has 0 N–H and O–H groups in total. The summed E-state index contributed by atoms with van der Waals surface area (Å²) >= 11 is 2.24. The molecule has 0 aromatic heterocycles. The number of halogens is 1. The van der Waals surface area contributed by atoms with Gasteiger partial charge in [-0.05, 0) is 82.9 Å². The zero-order valence-corrected chi connectivity index (χ0v) is 27.5. The van der Waals surface area contributed by atoms with E-state index in [1.165, 1.54) is 5.56 Å². The van der Waals surface area contributed by atoms with Gasteiger partial charge in [0.15, 0.2) is 23.1 Å². The van der Waals surface area contributed by atoms with Crippen molar-refractivity contribution in [3.8, 4) is 23.8 Å². The third kappa shape index (κ3) is 6.04. The number of nitrogens with zero attached hydrogens (tertiary/aromatic N) is 1. The van der Waals surface area contributed by atoms with Crippen LogP contribution in [-0.2, 0) is 16.0 Å². The molecule has 1 aliphatic heterocycles. The van der Waals surface area contributed by atoms with Crippen LogP contribution in [0.2, 0.25) is 0 Å². The second kappa shape index (κ2) is 11.9. The summed E-state index contributed by atoms with van der Waals surface area (Å²) in [6.45, 7) is 11.9. The molecule has 6 heteroatoms. The monoisotopic (exact) mass is 677 g/mol. The largest absolute Gasteiger partial charge is 0.490 e. The van der Waals surface area contributed by atoms with Crippen molar-refractivity contribution < 1.29 is 19.1 Å². The Labute approximate surface area is 263 Å². The molecule has 2 aliphatic carbocycles. The maximum absolute atomic E-state index is 14.2. The normalized spacial score (nSPS) is 19.8. The minimum absolute atomic E-state index is 0.126. The first kappa shape index (κ1) is 30.4. The molecule has 0 saturated heterocycles. The second-order valence-electron chi connectivity index (χ2n) is 13.2. The van der Waals surface area contributed by atoms with Gasteiger partial charge in [-0.1, -0.05) is 63.9 Å². The van der Waals surface area contributed by atoms with Gasteiger partial charge in [0.25, 0.3) is 0 Å². The summed E-state index contributed by atoms with van der Waals surface area (Å²) in [5, 5.41) is 0. The number of ketones is 2. The van der Waals surface area contributed by atoms with Gasteiger partial charge in [-0.25, -0.2) is 0 Å². The molecular weight excluding hydrogens is 637 g/mol. The van der Waals surface area contributed by atoms with Gasteiger partial charge >= 0.3 is 0 Å². The number of hydrogen-bond acceptors (Lipinski definition) is 5. The summed E-state index contributed by atoms with van der Waals surface area (Å²) in [5.74, 6) is 3.51. The van der Waals surface area contributed by atoms with E-state index >= 15 is 0 Å². The predicted octanol–water partition coefficient (Wildman–Crippen LogP) is 7.63. The van der Waals surface area contributed by atoms with Crippen molar-refractivity contribution in [2.24, 2.45) is 10.8 Å². The molecule has 220 valence electrons. The number of rotatable bonds is 8. The Morgan fingerprint density at radius 1 is 0.929 bits per heavy atom. The third-order valence-electron chi connectivity index (χ3n) is 8.45. The molecule has 0 amide bonds. The maximum Gasteiger partial charge on any atom is 0.175 e. The number of carbonyl (C=O) groups excluding carboxylic acids is 2. The van der Waals surface area contributed by atoms with Crippen molar-refractivity contribution in [1.29, 1.82) is 0 Å². The lowest BCUT2D eigenvalue weighted by atomic mass is 9.63. The zero-order valence-electron chi connectivity index (χ0n) is 25.3. The Balaban J connectivity index is 1.72. The fourth-order valence-electron chi connectivity index (χ4n) is 6.81. The van der Waals surface area contributed by atoms with E-state index in [1.807, 2.05) is 25.1 Å². The molecule has 0 atom stereocenters. The highest BCUT2D eigenvalue weighted by atomic mass is 127. The molecule has 0 bridgehead atoms. The first-order valence-corrected chi connectivity index (χ1v) is 15.9. The van der Waals surface area contributed by atoms with Gasteiger partial charge in [0.2, 0.25) is 0 Å². The van der Waals surface area contributed by atoms with Crippen molar-refractivity contribution in [1.82, 2.24) is 4.90 Å². The van der Waals surface area contributed by atoms with E-state index in [9.17, 15) is 9.59 Å². The lowest BCUT2D eigenvalue weighted by Gasteiger charge is -2.49. The van der Waals surface area contributed by atoms with Gasteiger partial charge in [0, 0.05) is 47.8 Å². The first-order valence-electron chi connectivity index (χ1n) is 14.8. The first-order chi connectivity index (χ1) is 19.9. The van der Waals surface area contributed by atoms with Crippen LogP contribution < -0.4 is 9.47 Å². The number of allylic oxidation sites excluding steroid dienone is 4. The molecule has 0 spiro atoms. The highest BCUT2D eigenvalue weighted by Crippen LogP contribution is 2.55. The topological polar surface area (TPSA) is 55.8 Å². The maximum atomic E-state index is 14.2. The summed E-state index contributed by atoms with van der Waals surface area (Å²) in [4.78, 5) is 30.7. The lowest BCUT2D eigenvalue weighted by Crippen LogP contribution is -2.45. The molecule has 2 aromatic rings. The van der Waals surface area contributed by atoms with Crippen molar-refractivity contribution in [3.63, 3.8) is 0 Å². The summed E-state index contributed by atoms with van der Waals surface area (Å²) < 4.78 is 12.8. The fourth-order valence-corrected chi connectivity index (χ4v) is 7.59. The van der Waals surface area contributed by atoms with E-state index in [-0.39, 0.29) is 29.0 Å². The van der Waals surface area contributed by atoms with Gasteiger partial charge in [-0.2, -0.15) is 0 Å². The van der Waals surface area contributed by atoms with Crippen molar-refractivity contribution in [2.75, 3.05) is 19.8 Å². The average Bonchev–Trinajstić information content (AvgIpc) is 2.90. The Kier molecular flexibility index (Phi) is 8.63. The van der Waals surface area contributed by atoms with E-state index in [0.29, 0.717) is 30.9 Å². The van der Waals surface area contributed by atoms with Crippen LogP contribution in [0, 0.1) is 26.7 Å². The molecule has 2 aromatic carbocycles. The molecule has 0 unspecified atom stereocenters. The molecular formula is C36H40INO4. The van der Waals surface area contributed by atoms with Crippen LogP contribution in [0.25, 0.3) is 0 Å². The van der Waals surface area contributed by atoms with Crippen molar-refractivity contribution in [2.45, 2.75) is 72.6 Å². The Hall–Kier alpha value is -3.05. The van der Waals surface area contributed by atoms with Crippen LogP contribution >= 0.6 is 22.6 Å². The average molecular weight is 678 g/mol. The summed E-state index contributed by atoms with van der Waals surface area (Å²) in [6.07, 6.45) is 8.78. The SMILES string of the molecule is C#CCOc1c(I)cc(C2C3=C(CC(C)(C)CC3=O)N(CCc3ccccc3)C3=C2C(=O)CC(C)(C)C3)cc1OCC. The number of benzene rings is 2. The van der Waals surface area contributed by atoms with Crippen molar-refractivity contribution in [3.05, 3.63) is 79.7 Å². The molecule has 1 heterocycles. The van der Waals surface area contributed by atoms with Gasteiger partial charge < -0.3 is 14.4 Å². The van der Waals surface area contributed by atoms with E-state index in [1.54, 1.807) is 0 Å². The molecule has 0 fully saturated rings. The number of Topliss-reactive ketones (excluding diaryl/α,β-unsaturated/α-hetero) is 2. The quantitative estimate of drug-likeness (QED) is 0.213. The minimum atomic E-state index is -0.440. The van der Waals surface area contributed by atoms with Crippen LogP contribution in [0.15, 0.2) is 65.0 Å². The minimum Gasteiger partial charge on any atom is -0.490 e. The van der Waals surface area contributed by atoms with Crippen LogP contribution in [-0.4, -0.2) is 36.2 Å². The fraction of sp³-hybridized carbons (Fsp3) is 0.444. The standard InChI is InChI=1S/C36H40INO4/c1-7-16-42-34-25(37)17-24(18-30(34)41-8-2)31-32-26(19-35(3,4)21-28(32)39)38(15-14-23-12-10-9-11-13-23)27-20-36(5,6)22-29(40)33(27)31/h1,9-13,17-18,31H,8,14-16,19-22H2,2-6H3. The van der Waals surface area contributed by atoms with Gasteiger partial charge in [0.1, 0.15) is 6.61 Å². The van der Waals surface area contributed by atoms with Crippen LogP contribution in [0.4, 0.5) is 0 Å². The molecule has 0 radical (unpaired) electrons. The van der Waals surface area contributed by atoms with Crippen LogP contribution in [0.1, 0.15) is 77.3 Å². The third-order valence-corrected chi connectivity index (χ3v) is 9.25. The Morgan fingerprint density at radius 3 is 2.07 bits per heavy atom. The van der Waals surface area contributed by atoms with Gasteiger partial charge in [-0.3, -0.25) is 9.59 Å². The molecule has 5 rings (SSSR count). The van der Waals surface area contributed by atoms with Gasteiger partial charge in [0.05, 0.1) is 10.2 Å². The number of carbonyl (C=O) groups is 2. The van der Waals surface area contributed by atoms with E-state index in [4.69, 9.17) is 15.9 Å². The predicted molar refractivity (Wildman–Crippen MR) is 174 cm³/mol. The molecule has 5 nitrogen and oxygen atoms in total. The van der Waals surface area contributed by atoms with Crippen molar-refractivity contribution >= 4 is 34.2 Å². The van der Waals surface area contributed by atoms with Crippen LogP contribution in [0.5, 0.6) is 11.5 Å². The highest BCUT2D eigenvalue weighted by molar-refractivity contribution is 14.1. The summed E-state index contributed by atoms with van der Waals surface area (Å²) in [7, 11) is 0. The molecule has 0 saturated carbocycles. The molecule has 42 heavy (non-hydrogen) atoms. The molecule has 3 aliphatic rings. The highest BCUT2D eigenvalue weighted by Gasteiger charge is 2.49. The Morgan fingerprint density at radius 2 is 1.52 bits per heavy atom. The number of ether oxygens (including phenoxy) is 2. The number of terminal acetylenes is 1. The van der Waals surface area contributed by atoms with E-state index < -0.39 is 5.92 Å². The summed E-state index contributed by atoms with van der Waals surface area (Å²) in [5.41, 5.74) is 5.47. The second-order valence-corrected chi connectivity index (χ2v) is 14.3. The summed E-state index contributed by atoms with van der Waals surface area (Å²) in [6, 6.07) is 14.4. The zero-order chi connectivity index (χ0) is 30.2. The van der Waals surface area contributed by atoms with Gasteiger partial charge in [-0.15, -0.1) is 6.42 Å². The smallest absolute Gasteiger partial charge is 0.175 e. The van der Waals surface area contributed by atoms with E-state index in [2.05, 4.69) is 85.4 Å². The van der Waals surface area contributed by atoms with E-state index in [0.717, 1.165) is 57.5 Å². The lowest BCUT2D eigenvalue weighted by molar-refractivity contribution is -0.119. The number of hydrogen-bond donors (Lipinski definition) is 0. The Bertz CT molecular complexity index is 1450.